The molecule has 1 aromatic rings. The first-order valence-electron chi connectivity index (χ1n) is 6.22. The number of aliphatic carboxylic acids is 1. The van der Waals surface area contributed by atoms with Crippen LogP contribution in [0, 0.1) is 0 Å². The third kappa shape index (κ3) is 5.22. The number of hydrogen-bond acceptors (Lipinski definition) is 5. The molecule has 0 aromatic heterocycles. The maximum absolute atomic E-state index is 11.6. The molecule has 6 heteroatoms. The van der Waals surface area contributed by atoms with Crippen LogP contribution in [0.3, 0.4) is 0 Å². The normalized spacial score (nSPS) is 13.5. The highest BCUT2D eigenvalue weighted by Gasteiger charge is 2.24. The molecule has 0 saturated heterocycles. The van der Waals surface area contributed by atoms with Gasteiger partial charge in [-0.15, -0.1) is 11.8 Å². The number of rotatable bonds is 8. The Morgan fingerprint density at radius 1 is 1.30 bits per heavy atom. The first-order valence-corrected chi connectivity index (χ1v) is 7.51. The quantitative estimate of drug-likeness (QED) is 0.562. The topological polar surface area (TPSA) is 83.8 Å². The van der Waals surface area contributed by atoms with E-state index >= 15 is 0 Å². The molecule has 20 heavy (non-hydrogen) atoms. The van der Waals surface area contributed by atoms with Crippen LogP contribution in [0.2, 0.25) is 0 Å². The number of aliphatic hydroxyl groups excluding tert-OH is 1. The van der Waals surface area contributed by atoms with E-state index in [9.17, 15) is 14.7 Å². The Morgan fingerprint density at radius 3 is 2.50 bits per heavy atom. The molecule has 0 fully saturated rings. The minimum Gasteiger partial charge on any atom is -0.480 e. The molecule has 0 saturated carbocycles. The third-order valence-corrected chi connectivity index (χ3v) is 3.76. The summed E-state index contributed by atoms with van der Waals surface area (Å²) < 4.78 is 5.05. The van der Waals surface area contributed by atoms with Crippen LogP contribution < -0.4 is 0 Å². The van der Waals surface area contributed by atoms with E-state index in [1.807, 2.05) is 6.07 Å². The lowest BCUT2D eigenvalue weighted by Crippen LogP contribution is -2.31. The molecule has 0 unspecified atom stereocenters. The molecule has 0 spiro atoms. The Balaban J connectivity index is 2.28. The molecule has 0 aliphatic rings. The first kappa shape index (κ1) is 16.5. The Labute approximate surface area is 121 Å². The van der Waals surface area contributed by atoms with Gasteiger partial charge in [0, 0.05) is 0 Å². The zero-order valence-electron chi connectivity index (χ0n) is 11.2. The fraction of sp³-hybridized carbons (Fsp3) is 0.429. The van der Waals surface area contributed by atoms with E-state index in [4.69, 9.17) is 9.84 Å². The van der Waals surface area contributed by atoms with E-state index in [-0.39, 0.29) is 13.0 Å². The highest BCUT2D eigenvalue weighted by atomic mass is 32.2. The van der Waals surface area contributed by atoms with Crippen molar-refractivity contribution in [3.05, 3.63) is 35.9 Å². The Bertz CT molecular complexity index is 434. The van der Waals surface area contributed by atoms with E-state index in [1.54, 1.807) is 30.5 Å². The van der Waals surface area contributed by atoms with Gasteiger partial charge in [-0.05, 0) is 31.2 Å². The van der Waals surface area contributed by atoms with Gasteiger partial charge in [-0.1, -0.05) is 18.2 Å². The fourth-order valence-corrected chi connectivity index (χ4v) is 2.34. The molecule has 2 atom stereocenters. The summed E-state index contributed by atoms with van der Waals surface area (Å²) >= 11 is 1.09. The van der Waals surface area contributed by atoms with Gasteiger partial charge in [-0.2, -0.15) is 0 Å². The molecule has 0 aliphatic heterocycles. The van der Waals surface area contributed by atoms with Crippen LogP contribution in [0.25, 0.3) is 0 Å². The van der Waals surface area contributed by atoms with Crippen LogP contribution in [0.5, 0.6) is 0 Å². The molecule has 1 aromatic carbocycles. The largest absolute Gasteiger partial charge is 0.480 e. The Kier molecular flexibility index (Phi) is 7.11. The highest BCUT2D eigenvalue weighted by molar-refractivity contribution is 7.99. The zero-order chi connectivity index (χ0) is 15.0. The van der Waals surface area contributed by atoms with E-state index in [0.717, 1.165) is 11.8 Å². The lowest BCUT2D eigenvalue weighted by Gasteiger charge is -2.16. The number of hydrogen-bond donors (Lipinski definition) is 2. The zero-order valence-corrected chi connectivity index (χ0v) is 12.0. The van der Waals surface area contributed by atoms with Crippen LogP contribution in [-0.2, 0) is 9.53 Å². The average molecular weight is 298 g/mol. The SMILES string of the molecule is CS[C@@H](C(=O)O)[C@@H](O)CCCOC(=O)c1ccccc1. The van der Waals surface area contributed by atoms with Crippen molar-refractivity contribution >= 4 is 23.7 Å². The Hall–Kier alpha value is -1.53. The van der Waals surface area contributed by atoms with Gasteiger partial charge < -0.3 is 14.9 Å². The van der Waals surface area contributed by atoms with E-state index in [1.165, 1.54) is 0 Å². The summed E-state index contributed by atoms with van der Waals surface area (Å²) in [6.45, 7) is 0.158. The van der Waals surface area contributed by atoms with Gasteiger partial charge in [0.05, 0.1) is 18.3 Å². The van der Waals surface area contributed by atoms with Crippen molar-refractivity contribution in [2.24, 2.45) is 0 Å². The number of aliphatic hydroxyl groups is 1. The van der Waals surface area contributed by atoms with Crippen molar-refractivity contribution in [1.29, 1.82) is 0 Å². The van der Waals surface area contributed by atoms with Crippen LogP contribution in [0.1, 0.15) is 23.2 Å². The lowest BCUT2D eigenvalue weighted by molar-refractivity contribution is -0.138. The average Bonchev–Trinajstić information content (AvgIpc) is 2.44. The number of thioether (sulfide) groups is 1. The predicted octanol–water partition coefficient (Wildman–Crippen LogP) is 1.80. The van der Waals surface area contributed by atoms with Gasteiger partial charge in [0.2, 0.25) is 0 Å². The second-order valence-electron chi connectivity index (χ2n) is 4.21. The maximum atomic E-state index is 11.6. The number of carboxylic acids is 1. The summed E-state index contributed by atoms with van der Waals surface area (Å²) in [6, 6.07) is 8.62. The summed E-state index contributed by atoms with van der Waals surface area (Å²) in [4.78, 5) is 22.4. The third-order valence-electron chi connectivity index (χ3n) is 2.73. The fourth-order valence-electron chi connectivity index (χ4n) is 1.69. The van der Waals surface area contributed by atoms with Crippen LogP contribution in [0.15, 0.2) is 30.3 Å². The van der Waals surface area contributed by atoms with E-state index < -0.39 is 23.3 Å². The van der Waals surface area contributed by atoms with Gasteiger partial charge in [0.15, 0.2) is 0 Å². The van der Waals surface area contributed by atoms with E-state index in [0.29, 0.717) is 12.0 Å². The van der Waals surface area contributed by atoms with E-state index in [2.05, 4.69) is 0 Å². The van der Waals surface area contributed by atoms with Crippen LogP contribution in [-0.4, -0.2) is 46.4 Å². The highest BCUT2D eigenvalue weighted by Crippen LogP contribution is 2.15. The number of esters is 1. The molecule has 110 valence electrons. The van der Waals surface area contributed by atoms with Gasteiger partial charge >= 0.3 is 11.9 Å². The molecular formula is C14H18O5S. The minimum absolute atomic E-state index is 0.158. The molecule has 0 radical (unpaired) electrons. The van der Waals surface area contributed by atoms with Crippen molar-refractivity contribution in [3.63, 3.8) is 0 Å². The smallest absolute Gasteiger partial charge is 0.338 e. The molecule has 0 amide bonds. The molecular weight excluding hydrogens is 280 g/mol. The summed E-state index contributed by atoms with van der Waals surface area (Å²) in [5.74, 6) is -1.45. The first-order chi connectivity index (χ1) is 9.56. The van der Waals surface area contributed by atoms with Gasteiger partial charge in [-0.25, -0.2) is 4.79 Å². The second kappa shape index (κ2) is 8.60. The lowest BCUT2D eigenvalue weighted by atomic mass is 10.1. The second-order valence-corrected chi connectivity index (χ2v) is 5.19. The minimum atomic E-state index is -1.04. The molecule has 2 N–H and O–H groups in total. The summed E-state index contributed by atoms with van der Waals surface area (Å²) in [5, 5.41) is 17.7. The van der Waals surface area contributed by atoms with Crippen molar-refractivity contribution in [2.45, 2.75) is 24.2 Å². The number of carbonyl (C=O) groups is 2. The van der Waals surface area contributed by atoms with Crippen molar-refractivity contribution < 1.29 is 24.5 Å². The number of carboxylic acid groups (broad SMARTS) is 1. The number of benzene rings is 1. The predicted molar refractivity (Wildman–Crippen MR) is 76.9 cm³/mol. The number of carbonyl (C=O) groups excluding carboxylic acids is 1. The van der Waals surface area contributed by atoms with Gasteiger partial charge in [0.1, 0.15) is 5.25 Å². The molecule has 0 aliphatic carbocycles. The van der Waals surface area contributed by atoms with Gasteiger partial charge in [-0.3, -0.25) is 4.79 Å². The summed E-state index contributed by atoms with van der Waals surface area (Å²) in [5.41, 5.74) is 0.473. The van der Waals surface area contributed by atoms with Crippen molar-refractivity contribution in [2.75, 3.05) is 12.9 Å². The summed E-state index contributed by atoms with van der Waals surface area (Å²) in [7, 11) is 0. The molecule has 0 bridgehead atoms. The number of ether oxygens (including phenoxy) is 1. The van der Waals surface area contributed by atoms with Crippen molar-refractivity contribution in [3.8, 4) is 0 Å². The standard InChI is InChI=1S/C14H18O5S/c1-20-12(13(16)17)11(15)8-5-9-19-14(18)10-6-3-2-4-7-10/h2-4,6-7,11-12,15H,5,8-9H2,1H3,(H,16,17)/t11-,12+/m0/s1. The molecule has 1 rings (SSSR count). The maximum Gasteiger partial charge on any atom is 0.338 e. The Morgan fingerprint density at radius 2 is 1.95 bits per heavy atom. The molecule has 5 nitrogen and oxygen atoms in total. The molecule has 0 heterocycles. The van der Waals surface area contributed by atoms with Crippen LogP contribution >= 0.6 is 11.8 Å². The monoisotopic (exact) mass is 298 g/mol. The summed E-state index contributed by atoms with van der Waals surface area (Å²) in [6.07, 6.45) is 1.39. The van der Waals surface area contributed by atoms with Gasteiger partial charge in [0.25, 0.3) is 0 Å². The van der Waals surface area contributed by atoms with Crippen LogP contribution in [0.4, 0.5) is 0 Å². The van der Waals surface area contributed by atoms with Crippen molar-refractivity contribution in [1.82, 2.24) is 0 Å².